The van der Waals surface area contributed by atoms with Crippen LogP contribution in [0.15, 0.2) is 6.07 Å². The first kappa shape index (κ1) is 17.1. The Morgan fingerprint density at radius 3 is 2.22 bits per heavy atom. The van der Waals surface area contributed by atoms with Crippen LogP contribution < -0.4 is 5.06 Å². The van der Waals surface area contributed by atoms with Crippen molar-refractivity contribution in [3.63, 3.8) is 0 Å². The highest BCUT2D eigenvalue weighted by atomic mass is 16.7. The van der Waals surface area contributed by atoms with E-state index in [1.807, 2.05) is 0 Å². The summed E-state index contributed by atoms with van der Waals surface area (Å²) in [4.78, 5) is 27.3. The molecule has 0 saturated heterocycles. The van der Waals surface area contributed by atoms with Gasteiger partial charge in [0.05, 0.1) is 23.0 Å². The topological polar surface area (TPSA) is 98.8 Å². The summed E-state index contributed by atoms with van der Waals surface area (Å²) in [6, 6.07) is 1.29. The van der Waals surface area contributed by atoms with Crippen molar-refractivity contribution < 1.29 is 14.7 Å². The molecule has 8 nitrogen and oxygen atoms in total. The molecule has 0 aliphatic heterocycles. The van der Waals surface area contributed by atoms with E-state index in [1.54, 1.807) is 13.8 Å². The normalized spacial score (nSPS) is 15.4. The van der Waals surface area contributed by atoms with Gasteiger partial charge >= 0.3 is 11.4 Å². The fourth-order valence-electron chi connectivity index (χ4n) is 3.19. The molecule has 0 unspecified atom stereocenters. The van der Waals surface area contributed by atoms with Crippen molar-refractivity contribution in [3.05, 3.63) is 37.4 Å². The van der Waals surface area contributed by atoms with Crippen LogP contribution in [-0.2, 0) is 4.84 Å². The molecular weight excluding hydrogens is 302 g/mol. The first-order valence-corrected chi connectivity index (χ1v) is 7.64. The van der Waals surface area contributed by atoms with Crippen LogP contribution in [-0.4, -0.2) is 23.0 Å². The fourth-order valence-corrected chi connectivity index (χ4v) is 3.19. The maximum absolute atomic E-state index is 11.6. The maximum atomic E-state index is 11.6. The van der Waals surface area contributed by atoms with E-state index in [0.29, 0.717) is 11.1 Å². The standard InChI is InChI=1S/C15H21N3O5/c1-10-9-13(17(19)20)15(14(11(10)2)18(21)22)16(23-3)12-7-5-4-6-8-12/h9,12H,4-8H2,1-3H3. The first-order valence-electron chi connectivity index (χ1n) is 7.64. The third-order valence-electron chi connectivity index (χ3n) is 4.47. The highest BCUT2D eigenvalue weighted by Crippen LogP contribution is 2.43. The molecule has 0 amide bonds. The molecule has 1 aliphatic carbocycles. The summed E-state index contributed by atoms with van der Waals surface area (Å²) in [6.45, 7) is 3.24. The van der Waals surface area contributed by atoms with Gasteiger partial charge in [0, 0.05) is 11.6 Å². The second-order valence-corrected chi connectivity index (χ2v) is 5.85. The van der Waals surface area contributed by atoms with E-state index in [1.165, 1.54) is 18.2 Å². The van der Waals surface area contributed by atoms with Crippen LogP contribution in [0.25, 0.3) is 0 Å². The lowest BCUT2D eigenvalue weighted by Gasteiger charge is -2.33. The molecule has 1 aromatic rings. The molecule has 126 valence electrons. The lowest BCUT2D eigenvalue weighted by Crippen LogP contribution is -2.37. The Bertz CT molecular complexity index is 626. The van der Waals surface area contributed by atoms with Crippen LogP contribution >= 0.6 is 0 Å². The number of benzene rings is 1. The lowest BCUT2D eigenvalue weighted by atomic mass is 9.94. The second kappa shape index (κ2) is 6.91. The molecule has 1 fully saturated rings. The fraction of sp³-hybridized carbons (Fsp3) is 0.600. The van der Waals surface area contributed by atoms with Gasteiger partial charge < -0.3 is 0 Å². The van der Waals surface area contributed by atoms with Crippen LogP contribution in [0.3, 0.4) is 0 Å². The number of hydrogen-bond donors (Lipinski definition) is 0. The van der Waals surface area contributed by atoms with Crippen molar-refractivity contribution in [1.29, 1.82) is 0 Å². The van der Waals surface area contributed by atoms with Crippen molar-refractivity contribution in [3.8, 4) is 0 Å². The molecular formula is C15H21N3O5. The van der Waals surface area contributed by atoms with Gasteiger partial charge in [0.2, 0.25) is 5.69 Å². The summed E-state index contributed by atoms with van der Waals surface area (Å²) < 4.78 is 0. The number of rotatable bonds is 5. The molecule has 23 heavy (non-hydrogen) atoms. The van der Waals surface area contributed by atoms with Gasteiger partial charge in [-0.15, -0.1) is 0 Å². The number of aryl methyl sites for hydroxylation is 1. The molecule has 0 aromatic heterocycles. The molecule has 0 bridgehead atoms. The molecule has 8 heteroatoms. The van der Waals surface area contributed by atoms with Gasteiger partial charge in [-0.1, -0.05) is 19.3 Å². The Hall–Kier alpha value is -2.22. The largest absolute Gasteiger partial charge is 0.305 e. The van der Waals surface area contributed by atoms with E-state index in [9.17, 15) is 20.2 Å². The Balaban J connectivity index is 2.67. The molecule has 0 spiro atoms. The van der Waals surface area contributed by atoms with E-state index in [-0.39, 0.29) is 23.1 Å². The van der Waals surface area contributed by atoms with Gasteiger partial charge in [-0.3, -0.25) is 25.1 Å². The predicted molar refractivity (Wildman–Crippen MR) is 85.6 cm³/mol. The SMILES string of the molecule is CON(c1c([N+](=O)[O-])cc(C)c(C)c1[N+](=O)[O-])C1CCCCC1. The van der Waals surface area contributed by atoms with Crippen molar-refractivity contribution in [2.75, 3.05) is 12.2 Å². The average Bonchev–Trinajstić information content (AvgIpc) is 2.51. The van der Waals surface area contributed by atoms with E-state index < -0.39 is 9.85 Å². The van der Waals surface area contributed by atoms with Gasteiger partial charge in [-0.2, -0.15) is 0 Å². The highest BCUT2D eigenvalue weighted by molar-refractivity contribution is 5.78. The predicted octanol–water partition coefficient (Wildman–Crippen LogP) is 3.82. The minimum atomic E-state index is -0.580. The molecule has 0 heterocycles. The minimum absolute atomic E-state index is 0.0440. The summed E-state index contributed by atoms with van der Waals surface area (Å²) in [7, 11) is 1.40. The Kier molecular flexibility index (Phi) is 5.15. The van der Waals surface area contributed by atoms with Crippen LogP contribution in [0.4, 0.5) is 17.1 Å². The van der Waals surface area contributed by atoms with E-state index >= 15 is 0 Å². The third kappa shape index (κ3) is 3.26. The van der Waals surface area contributed by atoms with Gasteiger partial charge in [0.1, 0.15) is 0 Å². The van der Waals surface area contributed by atoms with E-state index in [2.05, 4.69) is 0 Å². The lowest BCUT2D eigenvalue weighted by molar-refractivity contribution is -0.393. The van der Waals surface area contributed by atoms with Crippen LogP contribution in [0, 0.1) is 34.1 Å². The van der Waals surface area contributed by atoms with Crippen LogP contribution in [0.5, 0.6) is 0 Å². The van der Waals surface area contributed by atoms with Crippen LogP contribution in [0.1, 0.15) is 43.2 Å². The van der Waals surface area contributed by atoms with Crippen molar-refractivity contribution in [1.82, 2.24) is 0 Å². The number of anilines is 1. The molecule has 1 saturated carbocycles. The zero-order chi connectivity index (χ0) is 17.1. The summed E-state index contributed by atoms with van der Waals surface area (Å²) in [5.74, 6) is 0. The zero-order valence-electron chi connectivity index (χ0n) is 13.6. The smallest absolute Gasteiger partial charge is 0.276 e. The number of hydroxylamine groups is 1. The van der Waals surface area contributed by atoms with Crippen molar-refractivity contribution in [2.24, 2.45) is 0 Å². The van der Waals surface area contributed by atoms with E-state index in [4.69, 9.17) is 4.84 Å². The maximum Gasteiger partial charge on any atom is 0.305 e. The van der Waals surface area contributed by atoms with Gasteiger partial charge in [-0.25, -0.2) is 5.06 Å². The Labute approximate surface area is 134 Å². The van der Waals surface area contributed by atoms with Gasteiger partial charge in [0.25, 0.3) is 0 Å². The molecule has 1 aromatic carbocycles. The Morgan fingerprint density at radius 2 is 1.74 bits per heavy atom. The quantitative estimate of drug-likeness (QED) is 0.603. The number of hydrogen-bond acceptors (Lipinski definition) is 6. The monoisotopic (exact) mass is 323 g/mol. The summed E-state index contributed by atoms with van der Waals surface area (Å²) >= 11 is 0. The van der Waals surface area contributed by atoms with Crippen LogP contribution in [0.2, 0.25) is 0 Å². The highest BCUT2D eigenvalue weighted by Gasteiger charge is 2.37. The summed E-state index contributed by atoms with van der Waals surface area (Å²) in [6.07, 6.45) is 4.67. The summed E-state index contributed by atoms with van der Waals surface area (Å²) in [5.41, 5.74) is 0.370. The molecule has 0 N–H and O–H groups in total. The summed E-state index contributed by atoms with van der Waals surface area (Å²) in [5, 5.41) is 24.4. The number of nitro benzene ring substituents is 2. The number of nitro groups is 2. The average molecular weight is 323 g/mol. The minimum Gasteiger partial charge on any atom is -0.276 e. The first-order chi connectivity index (χ1) is 10.9. The van der Waals surface area contributed by atoms with Gasteiger partial charge in [0.15, 0.2) is 0 Å². The molecule has 2 rings (SSSR count). The van der Waals surface area contributed by atoms with Crippen molar-refractivity contribution >= 4 is 17.1 Å². The van der Waals surface area contributed by atoms with E-state index in [0.717, 1.165) is 32.1 Å². The number of nitrogens with zero attached hydrogens (tertiary/aromatic N) is 3. The second-order valence-electron chi connectivity index (χ2n) is 5.85. The Morgan fingerprint density at radius 1 is 1.13 bits per heavy atom. The zero-order valence-corrected chi connectivity index (χ0v) is 13.6. The molecule has 0 radical (unpaired) electrons. The van der Waals surface area contributed by atoms with Crippen molar-refractivity contribution in [2.45, 2.75) is 52.0 Å². The van der Waals surface area contributed by atoms with Gasteiger partial charge in [-0.05, 0) is 32.3 Å². The third-order valence-corrected chi connectivity index (χ3v) is 4.47. The molecule has 0 atom stereocenters. The molecule has 1 aliphatic rings.